The number of nitrogens with zero attached hydrogens (tertiary/aromatic N) is 4. The Morgan fingerprint density at radius 3 is 2.46 bits per heavy atom. The van der Waals surface area contributed by atoms with Gasteiger partial charge in [-0.05, 0) is 38.3 Å². The first-order valence-corrected chi connectivity index (χ1v) is 13.1. The van der Waals surface area contributed by atoms with Crippen LogP contribution >= 0.6 is 11.3 Å². The van der Waals surface area contributed by atoms with Crippen molar-refractivity contribution >= 4 is 34.1 Å². The largest absolute Gasteiger partial charge is 0.493 e. The number of aliphatic hydroxyl groups excluding tert-OH is 1. The minimum Gasteiger partial charge on any atom is -0.493 e. The number of hydrogen-bond acceptors (Lipinski definition) is 10. The fraction of sp³-hybridized carbons (Fsp3) is 0.500. The molecule has 3 heterocycles. The molecular weight excluding hydrogens is 494 g/mol. The molecule has 1 aromatic carbocycles. The molecule has 4 rings (SSSR count). The van der Waals surface area contributed by atoms with E-state index in [0.29, 0.717) is 67.0 Å². The number of rotatable bonds is 9. The lowest BCUT2D eigenvalue weighted by Crippen LogP contribution is -2.49. The highest BCUT2D eigenvalue weighted by Gasteiger charge is 2.25. The second-order valence-electron chi connectivity index (χ2n) is 9.91. The van der Waals surface area contributed by atoms with Crippen molar-refractivity contribution < 1.29 is 24.1 Å². The number of carbonyl (C=O) groups excluding carboxylic acids is 1. The fourth-order valence-electron chi connectivity index (χ4n) is 3.99. The monoisotopic (exact) mass is 529 g/mol. The van der Waals surface area contributed by atoms with Crippen molar-refractivity contribution in [1.82, 2.24) is 20.2 Å². The molecule has 37 heavy (non-hydrogen) atoms. The number of ether oxygens (including phenoxy) is 3. The SMILES string of the molecule is COc1cc2nc(N3CCN(C(=O)c4cccs4)CC3)nc(OCC(O)CNC(C)(C)C)c2cc1OC. The minimum atomic E-state index is -0.723. The summed E-state index contributed by atoms with van der Waals surface area (Å²) in [6.07, 6.45) is -0.723. The van der Waals surface area contributed by atoms with Gasteiger partial charge in [-0.15, -0.1) is 11.3 Å². The van der Waals surface area contributed by atoms with Crippen LogP contribution in [0.2, 0.25) is 0 Å². The number of nitrogens with one attached hydrogen (secondary N) is 1. The van der Waals surface area contributed by atoms with Crippen molar-refractivity contribution in [2.45, 2.75) is 32.4 Å². The summed E-state index contributed by atoms with van der Waals surface area (Å²) in [5.41, 5.74) is 0.518. The third kappa shape index (κ3) is 6.60. The summed E-state index contributed by atoms with van der Waals surface area (Å²) in [5.74, 6) is 1.99. The van der Waals surface area contributed by atoms with Gasteiger partial charge in [-0.25, -0.2) is 4.98 Å². The summed E-state index contributed by atoms with van der Waals surface area (Å²) in [6, 6.07) is 7.31. The standard InChI is InChI=1S/C26H35N5O5S/c1-26(2,3)27-15-17(32)16-36-23-18-13-20(34-4)21(35-5)14-19(18)28-25(29-23)31-10-8-30(9-11-31)24(33)22-7-6-12-37-22/h6-7,12-14,17,27,32H,8-11,15-16H2,1-5H3. The number of amides is 1. The molecule has 1 unspecified atom stereocenters. The summed E-state index contributed by atoms with van der Waals surface area (Å²) in [5, 5.41) is 16.3. The maximum Gasteiger partial charge on any atom is 0.264 e. The maximum absolute atomic E-state index is 12.7. The van der Waals surface area contributed by atoms with Crippen LogP contribution in [0, 0.1) is 0 Å². The highest BCUT2D eigenvalue weighted by Crippen LogP contribution is 2.36. The molecule has 11 heteroatoms. The summed E-state index contributed by atoms with van der Waals surface area (Å²) < 4.78 is 17.0. The van der Waals surface area contributed by atoms with E-state index in [1.165, 1.54) is 11.3 Å². The third-order valence-corrected chi connectivity index (χ3v) is 6.87. The lowest BCUT2D eigenvalue weighted by Gasteiger charge is -2.34. The number of piperazine rings is 1. The van der Waals surface area contributed by atoms with Gasteiger partial charge in [-0.2, -0.15) is 4.98 Å². The molecule has 1 fully saturated rings. The predicted molar refractivity (Wildman–Crippen MR) is 144 cm³/mol. The van der Waals surface area contributed by atoms with Crippen LogP contribution in [0.1, 0.15) is 30.4 Å². The Balaban J connectivity index is 1.56. The lowest BCUT2D eigenvalue weighted by atomic mass is 10.1. The van der Waals surface area contributed by atoms with Gasteiger partial charge in [0.2, 0.25) is 11.8 Å². The van der Waals surface area contributed by atoms with E-state index in [1.807, 2.05) is 48.1 Å². The fourth-order valence-corrected chi connectivity index (χ4v) is 4.68. The molecule has 0 bridgehead atoms. The molecule has 10 nitrogen and oxygen atoms in total. The average molecular weight is 530 g/mol. The normalized spacial score (nSPS) is 15.1. The zero-order valence-electron chi connectivity index (χ0n) is 22.0. The van der Waals surface area contributed by atoms with Gasteiger partial charge in [0.25, 0.3) is 5.91 Å². The Labute approximate surface area is 221 Å². The van der Waals surface area contributed by atoms with E-state index in [2.05, 4.69) is 5.32 Å². The predicted octanol–water partition coefficient (Wildman–Crippen LogP) is 2.80. The smallest absolute Gasteiger partial charge is 0.264 e. The third-order valence-electron chi connectivity index (χ3n) is 6.02. The molecule has 1 aliphatic heterocycles. The van der Waals surface area contributed by atoms with Crippen molar-refractivity contribution in [3.8, 4) is 17.4 Å². The topological polar surface area (TPSA) is 109 Å². The van der Waals surface area contributed by atoms with E-state index < -0.39 is 6.10 Å². The minimum absolute atomic E-state index is 0.0489. The van der Waals surface area contributed by atoms with Crippen molar-refractivity contribution in [3.63, 3.8) is 0 Å². The Bertz CT molecular complexity index is 1210. The van der Waals surface area contributed by atoms with Crippen LogP contribution in [-0.4, -0.2) is 91.1 Å². The van der Waals surface area contributed by atoms with Crippen LogP contribution in [0.3, 0.4) is 0 Å². The molecule has 1 amide bonds. The van der Waals surface area contributed by atoms with Gasteiger partial charge in [-0.1, -0.05) is 6.07 Å². The molecule has 0 spiro atoms. The van der Waals surface area contributed by atoms with Gasteiger partial charge in [0.15, 0.2) is 11.5 Å². The Morgan fingerprint density at radius 2 is 1.84 bits per heavy atom. The average Bonchev–Trinajstić information content (AvgIpc) is 3.44. The van der Waals surface area contributed by atoms with E-state index in [4.69, 9.17) is 24.2 Å². The van der Waals surface area contributed by atoms with Gasteiger partial charge in [0, 0.05) is 44.3 Å². The number of hydrogen-bond donors (Lipinski definition) is 2. The van der Waals surface area contributed by atoms with Crippen molar-refractivity contribution in [2.75, 3.05) is 58.5 Å². The molecule has 0 aliphatic carbocycles. The van der Waals surface area contributed by atoms with Gasteiger partial charge in [0.1, 0.15) is 12.7 Å². The zero-order valence-corrected chi connectivity index (χ0v) is 22.8. The molecule has 200 valence electrons. The molecule has 0 saturated carbocycles. The maximum atomic E-state index is 12.7. The van der Waals surface area contributed by atoms with Crippen molar-refractivity contribution in [2.24, 2.45) is 0 Å². The number of thiophene rings is 1. The highest BCUT2D eigenvalue weighted by atomic mass is 32.1. The zero-order chi connectivity index (χ0) is 26.6. The molecular formula is C26H35N5O5S. The van der Waals surface area contributed by atoms with Crippen molar-refractivity contribution in [3.05, 3.63) is 34.5 Å². The van der Waals surface area contributed by atoms with E-state index in [-0.39, 0.29) is 18.1 Å². The van der Waals surface area contributed by atoms with Gasteiger partial charge < -0.3 is 34.4 Å². The van der Waals surface area contributed by atoms with Crippen LogP contribution < -0.4 is 24.4 Å². The summed E-state index contributed by atoms with van der Waals surface area (Å²) >= 11 is 1.45. The number of aromatic nitrogens is 2. The number of carbonyl (C=O) groups is 1. The van der Waals surface area contributed by atoms with Crippen LogP contribution in [0.5, 0.6) is 17.4 Å². The van der Waals surface area contributed by atoms with Crippen LogP contribution in [0.15, 0.2) is 29.6 Å². The number of aliphatic hydroxyl groups is 1. The highest BCUT2D eigenvalue weighted by molar-refractivity contribution is 7.12. The summed E-state index contributed by atoms with van der Waals surface area (Å²) in [4.78, 5) is 26.9. The molecule has 2 aromatic heterocycles. The number of benzene rings is 1. The van der Waals surface area contributed by atoms with E-state index >= 15 is 0 Å². The lowest BCUT2D eigenvalue weighted by molar-refractivity contribution is 0.0751. The number of fused-ring (bicyclic) bond motifs is 1. The number of methoxy groups -OCH3 is 2. The van der Waals surface area contributed by atoms with Crippen LogP contribution in [-0.2, 0) is 0 Å². The Kier molecular flexibility index (Phi) is 8.35. The number of anilines is 1. The van der Waals surface area contributed by atoms with E-state index in [0.717, 1.165) is 4.88 Å². The second-order valence-corrected chi connectivity index (χ2v) is 10.9. The Hall–Kier alpha value is -3.15. The van der Waals surface area contributed by atoms with Gasteiger partial charge in [-0.3, -0.25) is 4.79 Å². The molecule has 1 aliphatic rings. The van der Waals surface area contributed by atoms with Crippen LogP contribution in [0.4, 0.5) is 5.95 Å². The van der Waals surface area contributed by atoms with E-state index in [9.17, 15) is 9.90 Å². The molecule has 1 atom stereocenters. The first-order chi connectivity index (χ1) is 17.7. The van der Waals surface area contributed by atoms with Crippen molar-refractivity contribution in [1.29, 1.82) is 0 Å². The Morgan fingerprint density at radius 1 is 1.14 bits per heavy atom. The first kappa shape index (κ1) is 26.9. The summed E-state index contributed by atoms with van der Waals surface area (Å²) in [6.45, 7) is 8.88. The molecule has 3 aromatic rings. The first-order valence-electron chi connectivity index (χ1n) is 12.3. The van der Waals surface area contributed by atoms with Crippen LogP contribution in [0.25, 0.3) is 10.9 Å². The molecule has 0 radical (unpaired) electrons. The molecule has 1 saturated heterocycles. The molecule has 2 N–H and O–H groups in total. The summed E-state index contributed by atoms with van der Waals surface area (Å²) in [7, 11) is 3.14. The quantitative estimate of drug-likeness (QED) is 0.432. The van der Waals surface area contributed by atoms with Gasteiger partial charge in [0.05, 0.1) is 30.0 Å². The van der Waals surface area contributed by atoms with E-state index in [1.54, 1.807) is 26.4 Å². The van der Waals surface area contributed by atoms with Gasteiger partial charge >= 0.3 is 0 Å². The number of β-amino-alcohol motifs (C(OH)–C–C–N with tert-alkyl or cyclic N) is 1. The second kappa shape index (κ2) is 11.5.